The molecule has 1 aliphatic rings. The van der Waals surface area contributed by atoms with Gasteiger partial charge >= 0.3 is 0 Å². The summed E-state index contributed by atoms with van der Waals surface area (Å²) in [6.45, 7) is 6.32. The Hall–Kier alpha value is -0.940. The lowest BCUT2D eigenvalue weighted by Gasteiger charge is -2.33. The summed E-state index contributed by atoms with van der Waals surface area (Å²) in [7, 11) is 1.70. The van der Waals surface area contributed by atoms with Crippen molar-refractivity contribution in [2.75, 3.05) is 53.1 Å². The highest BCUT2D eigenvalue weighted by Gasteiger charge is 2.19. The lowest BCUT2D eigenvalue weighted by atomic mass is 10.0. The van der Waals surface area contributed by atoms with Crippen LogP contribution in [0.3, 0.4) is 0 Å². The molecule has 1 aliphatic heterocycles. The van der Waals surface area contributed by atoms with Crippen LogP contribution in [0.2, 0.25) is 0 Å². The Labute approximate surface area is 115 Å². The molecule has 1 saturated heterocycles. The quantitative estimate of drug-likeness (QED) is 0.753. The summed E-state index contributed by atoms with van der Waals surface area (Å²) in [6.07, 6.45) is 0. The van der Waals surface area contributed by atoms with E-state index in [1.54, 1.807) is 7.11 Å². The SMILES string of the molecule is COCCOCCN1CCNC(c2ccccc2)C1. The average molecular weight is 264 g/mol. The van der Waals surface area contributed by atoms with Gasteiger partial charge in [0, 0.05) is 39.3 Å². The third-order valence-corrected chi connectivity index (χ3v) is 3.45. The van der Waals surface area contributed by atoms with Crippen LogP contribution in [0.4, 0.5) is 0 Å². The smallest absolute Gasteiger partial charge is 0.0700 e. The lowest BCUT2D eigenvalue weighted by molar-refractivity contribution is 0.0523. The molecule has 0 amide bonds. The van der Waals surface area contributed by atoms with Crippen molar-refractivity contribution < 1.29 is 9.47 Å². The Bertz CT molecular complexity index is 345. The molecule has 0 bridgehead atoms. The second-order valence-corrected chi connectivity index (χ2v) is 4.82. The minimum atomic E-state index is 0.439. The minimum Gasteiger partial charge on any atom is -0.382 e. The molecule has 1 N–H and O–H groups in total. The summed E-state index contributed by atoms with van der Waals surface area (Å²) in [5.74, 6) is 0. The maximum atomic E-state index is 5.53. The van der Waals surface area contributed by atoms with E-state index in [4.69, 9.17) is 9.47 Å². The van der Waals surface area contributed by atoms with Crippen molar-refractivity contribution in [3.05, 3.63) is 35.9 Å². The Morgan fingerprint density at radius 2 is 2.05 bits per heavy atom. The standard InChI is InChI=1S/C15H24N2O2/c1-18-11-12-19-10-9-17-8-7-16-15(13-17)14-5-3-2-4-6-14/h2-6,15-16H,7-13H2,1H3. The van der Waals surface area contributed by atoms with E-state index < -0.39 is 0 Å². The molecule has 1 fully saturated rings. The van der Waals surface area contributed by atoms with E-state index in [-0.39, 0.29) is 0 Å². The van der Waals surface area contributed by atoms with Gasteiger partial charge in [-0.1, -0.05) is 30.3 Å². The molecule has 0 spiro atoms. The number of ether oxygens (including phenoxy) is 2. The van der Waals surface area contributed by atoms with Crippen LogP contribution in [0, 0.1) is 0 Å². The maximum Gasteiger partial charge on any atom is 0.0700 e. The zero-order chi connectivity index (χ0) is 13.3. The van der Waals surface area contributed by atoms with E-state index in [1.165, 1.54) is 5.56 Å². The molecule has 0 saturated carbocycles. The van der Waals surface area contributed by atoms with E-state index in [1.807, 2.05) is 0 Å². The maximum absolute atomic E-state index is 5.53. The van der Waals surface area contributed by atoms with Crippen molar-refractivity contribution in [2.45, 2.75) is 6.04 Å². The topological polar surface area (TPSA) is 33.7 Å². The summed E-state index contributed by atoms with van der Waals surface area (Å²) in [6, 6.07) is 11.1. The highest BCUT2D eigenvalue weighted by atomic mass is 16.5. The van der Waals surface area contributed by atoms with Gasteiger partial charge in [-0.25, -0.2) is 0 Å². The third-order valence-electron chi connectivity index (χ3n) is 3.45. The highest BCUT2D eigenvalue weighted by Crippen LogP contribution is 2.16. The van der Waals surface area contributed by atoms with Gasteiger partial charge in [-0.15, -0.1) is 0 Å². The van der Waals surface area contributed by atoms with E-state index in [2.05, 4.69) is 40.5 Å². The largest absolute Gasteiger partial charge is 0.382 e. The zero-order valence-electron chi connectivity index (χ0n) is 11.7. The van der Waals surface area contributed by atoms with Gasteiger partial charge in [0.25, 0.3) is 0 Å². The zero-order valence-corrected chi connectivity index (χ0v) is 11.7. The molecule has 0 aromatic heterocycles. The number of hydrogen-bond donors (Lipinski definition) is 1. The van der Waals surface area contributed by atoms with Gasteiger partial charge in [0.15, 0.2) is 0 Å². The summed E-state index contributed by atoms with van der Waals surface area (Å²) in [5.41, 5.74) is 1.37. The van der Waals surface area contributed by atoms with Crippen molar-refractivity contribution in [2.24, 2.45) is 0 Å². The van der Waals surface area contributed by atoms with Crippen LogP contribution in [-0.2, 0) is 9.47 Å². The van der Waals surface area contributed by atoms with E-state index in [0.717, 1.165) is 32.8 Å². The molecule has 1 unspecified atom stereocenters. The van der Waals surface area contributed by atoms with E-state index >= 15 is 0 Å². The van der Waals surface area contributed by atoms with Crippen LogP contribution in [0.5, 0.6) is 0 Å². The van der Waals surface area contributed by atoms with Gasteiger partial charge < -0.3 is 14.8 Å². The second-order valence-electron chi connectivity index (χ2n) is 4.82. The molecular weight excluding hydrogens is 240 g/mol. The van der Waals surface area contributed by atoms with E-state index in [9.17, 15) is 0 Å². The van der Waals surface area contributed by atoms with Gasteiger partial charge in [0.05, 0.1) is 19.8 Å². The van der Waals surface area contributed by atoms with Crippen LogP contribution >= 0.6 is 0 Å². The first-order valence-corrected chi connectivity index (χ1v) is 6.97. The number of piperazine rings is 1. The number of benzene rings is 1. The van der Waals surface area contributed by atoms with Gasteiger partial charge in [0.1, 0.15) is 0 Å². The van der Waals surface area contributed by atoms with Crippen LogP contribution < -0.4 is 5.32 Å². The predicted octanol–water partition coefficient (Wildman–Crippen LogP) is 1.30. The fourth-order valence-corrected chi connectivity index (χ4v) is 2.36. The normalized spacial score (nSPS) is 20.6. The molecule has 106 valence electrons. The van der Waals surface area contributed by atoms with Crippen LogP contribution in [0.15, 0.2) is 30.3 Å². The number of nitrogens with zero attached hydrogens (tertiary/aromatic N) is 1. The minimum absolute atomic E-state index is 0.439. The fourth-order valence-electron chi connectivity index (χ4n) is 2.36. The van der Waals surface area contributed by atoms with Crippen molar-refractivity contribution in [1.82, 2.24) is 10.2 Å². The van der Waals surface area contributed by atoms with Crippen molar-refractivity contribution in [1.29, 1.82) is 0 Å². The fraction of sp³-hybridized carbons (Fsp3) is 0.600. The van der Waals surface area contributed by atoms with Crippen molar-refractivity contribution in [3.63, 3.8) is 0 Å². The first kappa shape index (κ1) is 14.5. The number of hydrogen-bond acceptors (Lipinski definition) is 4. The number of methoxy groups -OCH3 is 1. The monoisotopic (exact) mass is 264 g/mol. The van der Waals surface area contributed by atoms with Crippen LogP contribution in [0.25, 0.3) is 0 Å². The predicted molar refractivity (Wildman–Crippen MR) is 76.3 cm³/mol. The Morgan fingerprint density at radius 3 is 2.84 bits per heavy atom. The summed E-state index contributed by atoms with van der Waals surface area (Å²) < 4.78 is 10.5. The molecular formula is C15H24N2O2. The highest BCUT2D eigenvalue weighted by molar-refractivity contribution is 5.19. The first-order valence-electron chi connectivity index (χ1n) is 6.97. The molecule has 0 aliphatic carbocycles. The Kier molecular flexibility index (Phi) is 6.30. The molecule has 1 aromatic rings. The molecule has 2 rings (SSSR count). The molecule has 4 nitrogen and oxygen atoms in total. The summed E-state index contributed by atoms with van der Waals surface area (Å²) in [4.78, 5) is 2.46. The second kappa shape index (κ2) is 8.27. The lowest BCUT2D eigenvalue weighted by Crippen LogP contribution is -2.46. The number of rotatable bonds is 7. The number of nitrogens with one attached hydrogen (secondary N) is 1. The Balaban J connectivity index is 1.72. The van der Waals surface area contributed by atoms with Gasteiger partial charge in [-0.05, 0) is 5.56 Å². The van der Waals surface area contributed by atoms with Gasteiger partial charge in [0.2, 0.25) is 0 Å². The molecule has 4 heteroatoms. The van der Waals surface area contributed by atoms with Crippen LogP contribution in [-0.4, -0.2) is 58.0 Å². The first-order chi connectivity index (χ1) is 9.40. The Morgan fingerprint density at radius 1 is 1.21 bits per heavy atom. The third kappa shape index (κ3) is 4.91. The van der Waals surface area contributed by atoms with Gasteiger partial charge in [-0.2, -0.15) is 0 Å². The van der Waals surface area contributed by atoms with Crippen LogP contribution in [0.1, 0.15) is 11.6 Å². The molecule has 0 radical (unpaired) electrons. The van der Waals surface area contributed by atoms with Crippen molar-refractivity contribution in [3.8, 4) is 0 Å². The molecule has 19 heavy (non-hydrogen) atoms. The van der Waals surface area contributed by atoms with Crippen molar-refractivity contribution >= 4 is 0 Å². The summed E-state index contributed by atoms with van der Waals surface area (Å²) >= 11 is 0. The molecule has 1 atom stereocenters. The molecule has 1 heterocycles. The average Bonchev–Trinajstić information content (AvgIpc) is 2.48. The summed E-state index contributed by atoms with van der Waals surface area (Å²) in [5, 5.41) is 3.57. The molecule has 1 aromatic carbocycles. The van der Waals surface area contributed by atoms with E-state index in [0.29, 0.717) is 19.3 Å². The van der Waals surface area contributed by atoms with Gasteiger partial charge in [-0.3, -0.25) is 4.90 Å².